The van der Waals surface area contributed by atoms with Crippen LogP contribution in [0.1, 0.15) is 139 Å². The third kappa shape index (κ3) is 5.07. The summed E-state index contributed by atoms with van der Waals surface area (Å²) in [6.45, 7) is 22.8. The van der Waals surface area contributed by atoms with Crippen molar-refractivity contribution in [2.45, 2.75) is 145 Å². The van der Waals surface area contributed by atoms with E-state index in [0.717, 1.165) is 38.5 Å². The predicted octanol–water partition coefficient (Wildman–Crippen LogP) is 8.32. The summed E-state index contributed by atoms with van der Waals surface area (Å²) in [6.07, 6.45) is 11.6. The summed E-state index contributed by atoms with van der Waals surface area (Å²) in [5.41, 5.74) is 7.04. The Labute approximate surface area is 266 Å². The van der Waals surface area contributed by atoms with Crippen molar-refractivity contribution in [3.63, 3.8) is 0 Å². The van der Waals surface area contributed by atoms with Gasteiger partial charge in [0.15, 0.2) is 0 Å². The minimum Gasteiger partial charge on any atom is -0.481 e. The lowest BCUT2D eigenvalue weighted by molar-refractivity contribution is -0.250. The number of rotatable bonds is 8. The molecule has 5 saturated carbocycles. The molecule has 3 unspecified atom stereocenters. The second-order valence-corrected chi connectivity index (χ2v) is 18.4. The van der Waals surface area contributed by atoms with E-state index in [4.69, 9.17) is 10.5 Å². The van der Waals surface area contributed by atoms with Crippen LogP contribution in [0.2, 0.25) is 0 Å². The fraction of sp³-hybridized carbons (Fsp3) is 0.868. The fourth-order valence-corrected chi connectivity index (χ4v) is 13.2. The SMILES string of the molecule is C=C(C)[C@@H]1CC[C@]2(CC(N)=O)CC[C@]3(C)[C@H](CCC4[C@@]5(C)CC[C@H](OC(=O)CC(C)(C)CC(=O)O)C(C)(C)C5CC[C@]43C)C12. The van der Waals surface area contributed by atoms with Crippen LogP contribution in [-0.4, -0.2) is 29.1 Å². The molecule has 248 valence electrons. The Bertz CT molecular complexity index is 1210. The van der Waals surface area contributed by atoms with E-state index in [-0.39, 0.29) is 57.9 Å². The molecule has 5 aliphatic carbocycles. The largest absolute Gasteiger partial charge is 0.481 e. The molecule has 6 heteroatoms. The first-order chi connectivity index (χ1) is 20.2. The minimum absolute atomic E-state index is 0.0346. The van der Waals surface area contributed by atoms with Crippen molar-refractivity contribution in [2.24, 2.45) is 67.8 Å². The predicted molar refractivity (Wildman–Crippen MR) is 173 cm³/mol. The number of aliphatic carboxylic acids is 1. The van der Waals surface area contributed by atoms with Gasteiger partial charge in [-0.05, 0) is 128 Å². The lowest BCUT2D eigenvalue weighted by Gasteiger charge is -2.73. The molecule has 10 atom stereocenters. The Hall–Kier alpha value is -1.85. The van der Waals surface area contributed by atoms with Gasteiger partial charge in [-0.15, -0.1) is 0 Å². The van der Waals surface area contributed by atoms with E-state index in [1.54, 1.807) is 0 Å². The second-order valence-electron chi connectivity index (χ2n) is 18.4. The number of allylic oxidation sites excluding steroid dienone is 1. The van der Waals surface area contributed by atoms with E-state index in [1.165, 1.54) is 31.3 Å². The Kier molecular flexibility index (Phi) is 8.27. The van der Waals surface area contributed by atoms with Gasteiger partial charge < -0.3 is 15.6 Å². The molecule has 0 bridgehead atoms. The maximum absolute atomic E-state index is 13.1. The number of fused-ring (bicyclic) bond motifs is 7. The van der Waals surface area contributed by atoms with Gasteiger partial charge >= 0.3 is 11.9 Å². The van der Waals surface area contributed by atoms with Crippen molar-refractivity contribution >= 4 is 17.8 Å². The number of amides is 1. The van der Waals surface area contributed by atoms with Crippen molar-refractivity contribution in [1.82, 2.24) is 0 Å². The highest BCUT2D eigenvalue weighted by Crippen LogP contribution is 2.78. The molecule has 5 rings (SSSR count). The van der Waals surface area contributed by atoms with Gasteiger partial charge in [0.25, 0.3) is 0 Å². The topological polar surface area (TPSA) is 107 Å². The molecule has 1 amide bonds. The third-order valence-corrected chi connectivity index (χ3v) is 15.2. The van der Waals surface area contributed by atoms with Crippen molar-refractivity contribution in [2.75, 3.05) is 0 Å². The quantitative estimate of drug-likeness (QED) is 0.212. The number of carboxylic acid groups (broad SMARTS) is 1. The zero-order chi connectivity index (χ0) is 32.7. The lowest BCUT2D eigenvalue weighted by Crippen LogP contribution is -2.67. The van der Waals surface area contributed by atoms with E-state index in [2.05, 4.69) is 48.1 Å². The number of hydrogen-bond acceptors (Lipinski definition) is 4. The molecule has 0 aliphatic heterocycles. The molecule has 0 aromatic rings. The molecule has 0 aromatic heterocycles. The lowest BCUT2D eigenvalue weighted by atomic mass is 9.32. The summed E-state index contributed by atoms with van der Waals surface area (Å²) in [7, 11) is 0. The molecular formula is C38H61NO5. The van der Waals surface area contributed by atoms with Crippen LogP contribution in [0.4, 0.5) is 0 Å². The molecule has 5 fully saturated rings. The molecule has 0 saturated heterocycles. The maximum Gasteiger partial charge on any atom is 0.306 e. The third-order valence-electron chi connectivity index (χ3n) is 15.2. The number of primary amides is 1. The average Bonchev–Trinajstić information content (AvgIpc) is 3.24. The highest BCUT2D eigenvalue weighted by atomic mass is 16.5. The number of esters is 1. The first-order valence-electron chi connectivity index (χ1n) is 17.6. The van der Waals surface area contributed by atoms with Gasteiger partial charge in [0.1, 0.15) is 6.10 Å². The van der Waals surface area contributed by atoms with Crippen LogP contribution in [-0.2, 0) is 19.1 Å². The van der Waals surface area contributed by atoms with Gasteiger partial charge in [0.05, 0.1) is 12.8 Å². The molecule has 0 radical (unpaired) electrons. The minimum atomic E-state index is -0.884. The monoisotopic (exact) mass is 611 g/mol. The van der Waals surface area contributed by atoms with Crippen LogP contribution in [0, 0.1) is 62.1 Å². The number of carboxylic acids is 1. The van der Waals surface area contributed by atoms with Gasteiger partial charge in [-0.1, -0.05) is 60.6 Å². The van der Waals surface area contributed by atoms with Gasteiger partial charge in [0, 0.05) is 11.8 Å². The van der Waals surface area contributed by atoms with Crippen LogP contribution >= 0.6 is 0 Å². The maximum atomic E-state index is 13.1. The molecule has 44 heavy (non-hydrogen) atoms. The number of nitrogens with two attached hydrogens (primary N) is 1. The van der Waals surface area contributed by atoms with Crippen LogP contribution in [0.3, 0.4) is 0 Å². The number of ether oxygens (including phenoxy) is 1. The van der Waals surface area contributed by atoms with Gasteiger partial charge in [0.2, 0.25) is 5.91 Å². The summed E-state index contributed by atoms with van der Waals surface area (Å²) >= 11 is 0. The Balaban J connectivity index is 1.40. The Morgan fingerprint density at radius 1 is 0.864 bits per heavy atom. The summed E-state index contributed by atoms with van der Waals surface area (Å²) in [5.74, 6) is 1.33. The zero-order valence-corrected chi connectivity index (χ0v) is 29.0. The average molecular weight is 612 g/mol. The Morgan fingerprint density at radius 3 is 2.16 bits per heavy atom. The molecule has 0 aromatic carbocycles. The summed E-state index contributed by atoms with van der Waals surface area (Å²) < 4.78 is 6.23. The Morgan fingerprint density at radius 2 is 1.55 bits per heavy atom. The van der Waals surface area contributed by atoms with E-state index < -0.39 is 11.4 Å². The molecule has 3 N–H and O–H groups in total. The van der Waals surface area contributed by atoms with Gasteiger partial charge in [-0.2, -0.15) is 0 Å². The first kappa shape index (κ1) is 33.5. The van der Waals surface area contributed by atoms with E-state index in [9.17, 15) is 19.5 Å². The van der Waals surface area contributed by atoms with E-state index in [1.807, 2.05) is 13.8 Å². The van der Waals surface area contributed by atoms with E-state index in [0.29, 0.717) is 36.0 Å². The highest BCUT2D eigenvalue weighted by molar-refractivity contribution is 5.75. The standard InChI is InChI=1S/C38H61NO5/c1-23(2)24-12-17-38(20-29(39)40)19-18-36(8)25(32(24)38)10-11-27-35(7)15-14-28(34(5,6)26(35)13-16-37(27,36)9)44-31(43)22-33(3,4)21-30(41)42/h24-28,32H,1,10-22H2,2-9H3,(H2,39,40)(H,41,42)/t24-,25+,26?,27?,28-,32?,35-,36+,37+,38+/m0/s1. The van der Waals surface area contributed by atoms with Crippen molar-refractivity contribution < 1.29 is 24.2 Å². The normalized spacial score (nSPS) is 44.4. The first-order valence-corrected chi connectivity index (χ1v) is 17.6. The van der Waals surface area contributed by atoms with E-state index >= 15 is 0 Å². The molecular weight excluding hydrogens is 550 g/mol. The van der Waals surface area contributed by atoms with Crippen molar-refractivity contribution in [3.8, 4) is 0 Å². The molecule has 0 spiro atoms. The summed E-state index contributed by atoms with van der Waals surface area (Å²) in [6, 6.07) is 0. The van der Waals surface area contributed by atoms with Gasteiger partial charge in [-0.25, -0.2) is 0 Å². The van der Waals surface area contributed by atoms with Crippen LogP contribution in [0.25, 0.3) is 0 Å². The zero-order valence-electron chi connectivity index (χ0n) is 29.0. The number of carbonyl (C=O) groups is 3. The summed E-state index contributed by atoms with van der Waals surface area (Å²) in [5, 5.41) is 9.28. The van der Waals surface area contributed by atoms with Crippen LogP contribution < -0.4 is 5.73 Å². The summed E-state index contributed by atoms with van der Waals surface area (Å²) in [4.78, 5) is 36.9. The van der Waals surface area contributed by atoms with Crippen LogP contribution in [0.5, 0.6) is 0 Å². The highest BCUT2D eigenvalue weighted by Gasteiger charge is 2.71. The molecule has 5 aliphatic rings. The van der Waals surface area contributed by atoms with Gasteiger partial charge in [-0.3, -0.25) is 14.4 Å². The second kappa shape index (κ2) is 10.9. The van der Waals surface area contributed by atoms with Crippen molar-refractivity contribution in [1.29, 1.82) is 0 Å². The number of hydrogen-bond donors (Lipinski definition) is 2. The fourth-order valence-electron chi connectivity index (χ4n) is 13.2. The smallest absolute Gasteiger partial charge is 0.306 e. The number of carbonyl (C=O) groups excluding carboxylic acids is 2. The van der Waals surface area contributed by atoms with Crippen LogP contribution in [0.15, 0.2) is 12.2 Å². The molecule has 0 heterocycles. The molecule has 6 nitrogen and oxygen atoms in total. The van der Waals surface area contributed by atoms with Crippen molar-refractivity contribution in [3.05, 3.63) is 12.2 Å².